The largest absolute Gasteiger partial charge is 0.497 e. The highest BCUT2D eigenvalue weighted by atomic mass is 32.2. The molecule has 1 aliphatic heterocycles. The summed E-state index contributed by atoms with van der Waals surface area (Å²) < 4.78 is 31.6. The number of methoxy groups -OCH3 is 1. The van der Waals surface area contributed by atoms with Crippen LogP contribution < -0.4 is 10.1 Å². The number of nitrogens with one attached hydrogen (secondary N) is 1. The summed E-state index contributed by atoms with van der Waals surface area (Å²) >= 11 is 0. The molecule has 10 heteroatoms. The first-order valence-corrected chi connectivity index (χ1v) is 13.5. The number of hydrogen-bond donors (Lipinski definition) is 1. The van der Waals surface area contributed by atoms with Gasteiger partial charge >= 0.3 is 0 Å². The third kappa shape index (κ3) is 6.04. The Balaban J connectivity index is 1.70. The van der Waals surface area contributed by atoms with E-state index in [-0.39, 0.29) is 48.2 Å². The van der Waals surface area contributed by atoms with Crippen LogP contribution in [0, 0.1) is 0 Å². The number of unbranched alkanes of at least 4 members (excludes halogenated alkanes) is 1. The number of hydrogen-bond acceptors (Lipinski definition) is 6. The molecular formula is C26H33N3O6S. The molecule has 0 bridgehead atoms. The van der Waals surface area contributed by atoms with E-state index in [0.29, 0.717) is 12.3 Å². The van der Waals surface area contributed by atoms with Gasteiger partial charge in [-0.3, -0.25) is 14.4 Å². The molecule has 9 nitrogen and oxygen atoms in total. The molecule has 36 heavy (non-hydrogen) atoms. The molecule has 2 aromatic carbocycles. The van der Waals surface area contributed by atoms with Gasteiger partial charge in [-0.05, 0) is 49.6 Å². The van der Waals surface area contributed by atoms with Crippen molar-refractivity contribution in [3.8, 4) is 5.75 Å². The lowest BCUT2D eigenvalue weighted by Crippen LogP contribution is -2.47. The second-order valence-electron chi connectivity index (χ2n) is 8.68. The molecule has 0 unspecified atom stereocenters. The minimum Gasteiger partial charge on any atom is -0.497 e. The Labute approximate surface area is 212 Å². The van der Waals surface area contributed by atoms with Gasteiger partial charge < -0.3 is 15.0 Å². The maximum atomic E-state index is 13.3. The Hall–Kier alpha value is -3.40. The van der Waals surface area contributed by atoms with Crippen LogP contribution in [-0.2, 0) is 26.2 Å². The van der Waals surface area contributed by atoms with E-state index in [0.717, 1.165) is 22.7 Å². The molecule has 0 fully saturated rings. The second kappa shape index (κ2) is 12.0. The third-order valence-electron chi connectivity index (χ3n) is 6.15. The monoisotopic (exact) mass is 515 g/mol. The van der Waals surface area contributed by atoms with E-state index in [1.165, 1.54) is 17.0 Å². The van der Waals surface area contributed by atoms with Crippen molar-refractivity contribution in [2.75, 3.05) is 20.2 Å². The van der Waals surface area contributed by atoms with Crippen molar-refractivity contribution in [3.63, 3.8) is 0 Å². The van der Waals surface area contributed by atoms with Gasteiger partial charge in [-0.2, -0.15) is 0 Å². The number of rotatable bonds is 12. The lowest BCUT2D eigenvalue weighted by molar-refractivity contribution is -0.140. The first-order chi connectivity index (χ1) is 17.2. The summed E-state index contributed by atoms with van der Waals surface area (Å²) in [6.45, 7) is 4.29. The zero-order valence-corrected chi connectivity index (χ0v) is 21.7. The van der Waals surface area contributed by atoms with E-state index in [2.05, 4.69) is 5.32 Å². The topological polar surface area (TPSA) is 113 Å². The first kappa shape index (κ1) is 27.2. The Bertz CT molecular complexity index is 1210. The molecule has 0 radical (unpaired) electrons. The van der Waals surface area contributed by atoms with Gasteiger partial charge in [-0.15, -0.1) is 0 Å². The number of sulfonamides is 1. The zero-order chi connectivity index (χ0) is 26.3. The van der Waals surface area contributed by atoms with Crippen LogP contribution in [0.5, 0.6) is 5.75 Å². The molecule has 3 amide bonds. The minimum absolute atomic E-state index is 0.0154. The van der Waals surface area contributed by atoms with Gasteiger partial charge in [0, 0.05) is 26.1 Å². The molecule has 3 rings (SSSR count). The number of carbonyl (C=O) groups is 3. The van der Waals surface area contributed by atoms with Gasteiger partial charge in [-0.1, -0.05) is 37.6 Å². The number of benzene rings is 2. The van der Waals surface area contributed by atoms with E-state index in [4.69, 9.17) is 4.74 Å². The molecule has 2 aromatic rings. The number of ether oxygens (including phenoxy) is 1. The van der Waals surface area contributed by atoms with Crippen LogP contribution in [0.25, 0.3) is 0 Å². The third-order valence-corrected chi connectivity index (χ3v) is 7.99. The molecule has 1 N–H and O–H groups in total. The second-order valence-corrected chi connectivity index (χ2v) is 10.5. The van der Waals surface area contributed by atoms with Crippen LogP contribution in [0.2, 0.25) is 0 Å². The fourth-order valence-corrected chi connectivity index (χ4v) is 5.66. The van der Waals surface area contributed by atoms with E-state index in [1.807, 2.05) is 19.1 Å². The van der Waals surface area contributed by atoms with E-state index in [1.54, 1.807) is 38.3 Å². The van der Waals surface area contributed by atoms with Crippen molar-refractivity contribution in [1.82, 2.24) is 14.5 Å². The summed E-state index contributed by atoms with van der Waals surface area (Å²) in [6.07, 6.45) is 1.88. The van der Waals surface area contributed by atoms with Crippen molar-refractivity contribution < 1.29 is 27.5 Å². The fourth-order valence-electron chi connectivity index (χ4n) is 4.06. The SMILES string of the molecule is CCCCNC(=O)[C@@H](C)N(Cc1cccc(OC)c1)C(=O)CCCN1C(=O)c2ccccc2S1(=O)=O. The van der Waals surface area contributed by atoms with Crippen molar-refractivity contribution in [2.24, 2.45) is 0 Å². The molecule has 0 saturated carbocycles. The molecule has 1 heterocycles. The number of amides is 3. The molecule has 1 aliphatic rings. The van der Waals surface area contributed by atoms with Crippen molar-refractivity contribution in [3.05, 3.63) is 59.7 Å². The van der Waals surface area contributed by atoms with E-state index >= 15 is 0 Å². The molecule has 1 atom stereocenters. The Morgan fingerprint density at radius 1 is 1.11 bits per heavy atom. The molecule has 194 valence electrons. The van der Waals surface area contributed by atoms with Crippen LogP contribution >= 0.6 is 0 Å². The number of fused-ring (bicyclic) bond motifs is 1. The number of carbonyl (C=O) groups excluding carboxylic acids is 3. The van der Waals surface area contributed by atoms with Gasteiger partial charge in [0.25, 0.3) is 15.9 Å². The fraction of sp³-hybridized carbons (Fsp3) is 0.423. The first-order valence-electron chi connectivity index (χ1n) is 12.1. The quantitative estimate of drug-likeness (QED) is 0.435. The van der Waals surface area contributed by atoms with Crippen LogP contribution in [0.4, 0.5) is 0 Å². The summed E-state index contributed by atoms with van der Waals surface area (Å²) in [5.74, 6) is -0.516. The smallest absolute Gasteiger partial charge is 0.269 e. The predicted octanol–water partition coefficient (Wildman–Crippen LogP) is 2.95. The Kier molecular flexibility index (Phi) is 9.08. The minimum atomic E-state index is -3.93. The summed E-state index contributed by atoms with van der Waals surface area (Å²) in [4.78, 5) is 40.1. The summed E-state index contributed by atoms with van der Waals surface area (Å²) in [7, 11) is -2.38. The lowest BCUT2D eigenvalue weighted by atomic mass is 10.1. The Morgan fingerprint density at radius 2 is 1.86 bits per heavy atom. The van der Waals surface area contributed by atoms with Gasteiger partial charge in [0.1, 0.15) is 16.7 Å². The molecule has 0 saturated heterocycles. The van der Waals surface area contributed by atoms with Crippen molar-refractivity contribution >= 4 is 27.7 Å². The normalized spacial score (nSPS) is 14.8. The van der Waals surface area contributed by atoms with Crippen molar-refractivity contribution in [1.29, 1.82) is 0 Å². The average molecular weight is 516 g/mol. The molecular weight excluding hydrogens is 482 g/mol. The van der Waals surface area contributed by atoms with Crippen LogP contribution in [0.3, 0.4) is 0 Å². The molecule has 0 aliphatic carbocycles. The zero-order valence-electron chi connectivity index (χ0n) is 20.9. The van der Waals surface area contributed by atoms with Gasteiger partial charge in [0.2, 0.25) is 11.8 Å². The maximum Gasteiger partial charge on any atom is 0.269 e. The van der Waals surface area contributed by atoms with Crippen LogP contribution in [0.1, 0.15) is 55.5 Å². The standard InChI is InChI=1S/C26H33N3O6S/c1-4-5-15-27-25(31)19(2)28(18-20-10-8-11-21(17-20)35-3)24(30)14-9-16-29-26(32)22-12-6-7-13-23(22)36(29,33)34/h6-8,10-13,17,19H,4-5,9,14-16,18H2,1-3H3,(H,27,31)/t19-/m1/s1. The van der Waals surface area contributed by atoms with Crippen LogP contribution in [0.15, 0.2) is 53.4 Å². The number of nitrogens with zero attached hydrogens (tertiary/aromatic N) is 2. The molecule has 0 spiro atoms. The highest BCUT2D eigenvalue weighted by Crippen LogP contribution is 2.30. The summed E-state index contributed by atoms with van der Waals surface area (Å²) in [6, 6.07) is 12.6. The summed E-state index contributed by atoms with van der Waals surface area (Å²) in [5.41, 5.74) is 0.935. The van der Waals surface area contributed by atoms with Gasteiger partial charge in [-0.25, -0.2) is 12.7 Å². The van der Waals surface area contributed by atoms with Crippen molar-refractivity contribution in [2.45, 2.75) is 57.0 Å². The highest BCUT2D eigenvalue weighted by molar-refractivity contribution is 7.90. The highest BCUT2D eigenvalue weighted by Gasteiger charge is 2.40. The van der Waals surface area contributed by atoms with E-state index < -0.39 is 22.0 Å². The summed E-state index contributed by atoms with van der Waals surface area (Å²) in [5, 5.41) is 2.86. The molecule has 0 aromatic heterocycles. The van der Waals surface area contributed by atoms with E-state index in [9.17, 15) is 22.8 Å². The Morgan fingerprint density at radius 3 is 2.56 bits per heavy atom. The average Bonchev–Trinajstić information content (AvgIpc) is 3.07. The lowest BCUT2D eigenvalue weighted by Gasteiger charge is -2.29. The van der Waals surface area contributed by atoms with Gasteiger partial charge in [0.15, 0.2) is 0 Å². The van der Waals surface area contributed by atoms with Crippen LogP contribution in [-0.4, -0.2) is 61.6 Å². The predicted molar refractivity (Wildman–Crippen MR) is 135 cm³/mol. The van der Waals surface area contributed by atoms with Gasteiger partial charge in [0.05, 0.1) is 12.7 Å². The maximum absolute atomic E-state index is 13.3.